The molecule has 2 aliphatic rings. The van der Waals surface area contributed by atoms with Gasteiger partial charge in [0.05, 0.1) is 6.33 Å². The summed E-state index contributed by atoms with van der Waals surface area (Å²) in [5, 5.41) is 12.8. The van der Waals surface area contributed by atoms with Crippen molar-refractivity contribution in [3.05, 3.63) is 18.7 Å². The van der Waals surface area contributed by atoms with E-state index in [2.05, 4.69) is 10.3 Å². The third kappa shape index (κ3) is 1.95. The van der Waals surface area contributed by atoms with Crippen molar-refractivity contribution in [1.82, 2.24) is 14.9 Å². The van der Waals surface area contributed by atoms with Gasteiger partial charge in [0.1, 0.15) is 5.54 Å². The van der Waals surface area contributed by atoms with Crippen molar-refractivity contribution in [3.63, 3.8) is 0 Å². The van der Waals surface area contributed by atoms with E-state index >= 15 is 0 Å². The van der Waals surface area contributed by atoms with Gasteiger partial charge in [-0.15, -0.1) is 0 Å². The summed E-state index contributed by atoms with van der Waals surface area (Å²) in [5.41, 5.74) is -0.712. The Balaban J connectivity index is 1.76. The molecule has 3 rings (SSSR count). The molecule has 0 spiro atoms. The molecule has 2 N–H and O–H groups in total. The fourth-order valence-corrected chi connectivity index (χ4v) is 2.76. The summed E-state index contributed by atoms with van der Waals surface area (Å²) in [5.74, 6) is -0.702. The second-order valence-corrected chi connectivity index (χ2v) is 5.21. The lowest BCUT2D eigenvalue weighted by Crippen LogP contribution is -2.51. The van der Waals surface area contributed by atoms with E-state index in [0.717, 1.165) is 19.3 Å². The molecule has 0 aliphatic heterocycles. The Hall–Kier alpha value is -1.36. The van der Waals surface area contributed by atoms with Gasteiger partial charge >= 0.3 is 5.97 Å². The van der Waals surface area contributed by atoms with Crippen LogP contribution in [0.1, 0.15) is 38.1 Å². The van der Waals surface area contributed by atoms with E-state index in [4.69, 9.17) is 0 Å². The Labute approximate surface area is 99.8 Å². The van der Waals surface area contributed by atoms with Crippen LogP contribution in [0.5, 0.6) is 0 Å². The Kier molecular flexibility index (Phi) is 2.43. The Bertz CT molecular complexity index is 413. The van der Waals surface area contributed by atoms with Gasteiger partial charge < -0.3 is 9.67 Å². The lowest BCUT2D eigenvalue weighted by Gasteiger charge is -2.26. The minimum Gasteiger partial charge on any atom is -0.480 e. The molecule has 5 heteroatoms. The molecule has 2 fully saturated rings. The van der Waals surface area contributed by atoms with Gasteiger partial charge in [0.15, 0.2) is 0 Å². The molecule has 1 aromatic heterocycles. The van der Waals surface area contributed by atoms with E-state index in [1.54, 1.807) is 12.5 Å². The second-order valence-electron chi connectivity index (χ2n) is 5.21. The number of carboxylic acid groups (broad SMARTS) is 1. The van der Waals surface area contributed by atoms with Gasteiger partial charge in [-0.05, 0) is 32.1 Å². The number of aromatic nitrogens is 2. The molecule has 1 heterocycles. The molecular weight excluding hydrogens is 218 g/mol. The Morgan fingerprint density at radius 1 is 1.47 bits per heavy atom. The molecule has 0 amide bonds. The first-order valence-corrected chi connectivity index (χ1v) is 6.18. The van der Waals surface area contributed by atoms with Crippen molar-refractivity contribution in [2.45, 2.75) is 49.7 Å². The topological polar surface area (TPSA) is 67.2 Å². The molecule has 0 radical (unpaired) electrons. The molecular formula is C12H17N3O2. The van der Waals surface area contributed by atoms with E-state index in [-0.39, 0.29) is 6.04 Å². The molecule has 5 nitrogen and oxygen atoms in total. The third-order valence-corrected chi connectivity index (χ3v) is 3.90. The van der Waals surface area contributed by atoms with Crippen molar-refractivity contribution in [2.75, 3.05) is 0 Å². The van der Waals surface area contributed by atoms with Crippen LogP contribution in [0.25, 0.3) is 0 Å². The number of nitrogens with zero attached hydrogens (tertiary/aromatic N) is 2. The summed E-state index contributed by atoms with van der Waals surface area (Å²) in [6, 6.07) is 0.687. The predicted octanol–water partition coefficient (Wildman–Crippen LogP) is 1.18. The maximum Gasteiger partial charge on any atom is 0.323 e. The maximum atomic E-state index is 11.5. The summed E-state index contributed by atoms with van der Waals surface area (Å²) in [4.78, 5) is 15.5. The molecule has 2 atom stereocenters. The molecule has 0 saturated heterocycles. The summed E-state index contributed by atoms with van der Waals surface area (Å²) < 4.78 is 2.03. The van der Waals surface area contributed by atoms with Crippen LogP contribution in [0.2, 0.25) is 0 Å². The Morgan fingerprint density at radius 2 is 2.29 bits per heavy atom. The van der Waals surface area contributed by atoms with Crippen molar-refractivity contribution >= 4 is 5.97 Å². The lowest BCUT2D eigenvalue weighted by atomic mass is 9.97. The van der Waals surface area contributed by atoms with Gasteiger partial charge in [-0.2, -0.15) is 0 Å². The fraction of sp³-hybridized carbons (Fsp3) is 0.667. The number of carboxylic acids is 1. The van der Waals surface area contributed by atoms with Gasteiger partial charge in [0, 0.05) is 24.5 Å². The minimum absolute atomic E-state index is 0.264. The minimum atomic E-state index is -0.712. The number of aliphatic carboxylic acids is 1. The van der Waals surface area contributed by atoms with Crippen LogP contribution in [0, 0.1) is 0 Å². The molecule has 0 aromatic carbocycles. The van der Waals surface area contributed by atoms with Gasteiger partial charge in [0.25, 0.3) is 0 Å². The van der Waals surface area contributed by atoms with Gasteiger partial charge in [-0.1, -0.05) is 0 Å². The van der Waals surface area contributed by atoms with Gasteiger partial charge in [-0.3, -0.25) is 10.1 Å². The monoisotopic (exact) mass is 235 g/mol. The van der Waals surface area contributed by atoms with E-state index in [1.807, 2.05) is 10.8 Å². The molecule has 17 heavy (non-hydrogen) atoms. The molecule has 2 saturated carbocycles. The highest BCUT2D eigenvalue weighted by Crippen LogP contribution is 2.40. The van der Waals surface area contributed by atoms with Crippen molar-refractivity contribution in [1.29, 1.82) is 0 Å². The highest BCUT2D eigenvalue weighted by molar-refractivity contribution is 5.79. The summed E-state index contributed by atoms with van der Waals surface area (Å²) in [6.07, 6.45) is 9.95. The zero-order valence-corrected chi connectivity index (χ0v) is 9.67. The van der Waals surface area contributed by atoms with Crippen LogP contribution in [0.15, 0.2) is 18.7 Å². The van der Waals surface area contributed by atoms with Crippen molar-refractivity contribution in [2.24, 2.45) is 0 Å². The molecule has 2 aliphatic carbocycles. The number of hydrogen-bond acceptors (Lipinski definition) is 3. The highest BCUT2D eigenvalue weighted by atomic mass is 16.4. The van der Waals surface area contributed by atoms with Crippen molar-refractivity contribution in [3.8, 4) is 0 Å². The summed E-state index contributed by atoms with van der Waals surface area (Å²) in [7, 11) is 0. The van der Waals surface area contributed by atoms with Crippen molar-refractivity contribution < 1.29 is 9.90 Å². The van der Waals surface area contributed by atoms with E-state index in [9.17, 15) is 9.90 Å². The molecule has 2 unspecified atom stereocenters. The first kappa shape index (κ1) is 10.8. The quantitative estimate of drug-likeness (QED) is 0.822. The highest BCUT2D eigenvalue weighted by Gasteiger charge is 2.48. The van der Waals surface area contributed by atoms with E-state index in [1.165, 1.54) is 0 Å². The van der Waals surface area contributed by atoms with Crippen LogP contribution in [-0.4, -0.2) is 32.2 Å². The standard InChI is InChI=1S/C12H17N3O2/c16-11(17)12(14-9-1-2-9)4-3-10(7-12)15-6-5-13-8-15/h5-6,8-10,14H,1-4,7H2,(H,16,17). The van der Waals surface area contributed by atoms with Crippen LogP contribution >= 0.6 is 0 Å². The van der Waals surface area contributed by atoms with Gasteiger partial charge in [-0.25, -0.2) is 4.98 Å². The summed E-state index contributed by atoms with van der Waals surface area (Å²) in [6.45, 7) is 0. The van der Waals surface area contributed by atoms with E-state index in [0.29, 0.717) is 18.9 Å². The van der Waals surface area contributed by atoms with Gasteiger partial charge in [0.2, 0.25) is 0 Å². The van der Waals surface area contributed by atoms with Crippen LogP contribution < -0.4 is 5.32 Å². The third-order valence-electron chi connectivity index (χ3n) is 3.90. The number of imidazole rings is 1. The second kappa shape index (κ2) is 3.84. The van der Waals surface area contributed by atoms with E-state index < -0.39 is 11.5 Å². The lowest BCUT2D eigenvalue weighted by molar-refractivity contribution is -0.144. The van der Waals surface area contributed by atoms with Crippen LogP contribution in [0.3, 0.4) is 0 Å². The zero-order valence-electron chi connectivity index (χ0n) is 9.67. The first-order chi connectivity index (χ1) is 8.20. The SMILES string of the molecule is O=C(O)C1(NC2CC2)CCC(n2ccnc2)C1. The molecule has 92 valence electrons. The number of hydrogen-bond donors (Lipinski definition) is 2. The predicted molar refractivity (Wildman–Crippen MR) is 61.6 cm³/mol. The number of rotatable bonds is 4. The van der Waals surface area contributed by atoms with Crippen LogP contribution in [-0.2, 0) is 4.79 Å². The largest absolute Gasteiger partial charge is 0.480 e. The zero-order chi connectivity index (χ0) is 11.9. The molecule has 0 bridgehead atoms. The Morgan fingerprint density at radius 3 is 2.88 bits per heavy atom. The number of carbonyl (C=O) groups is 1. The average molecular weight is 235 g/mol. The average Bonchev–Trinajstić information content (AvgIpc) is 2.83. The van der Waals surface area contributed by atoms with Crippen LogP contribution in [0.4, 0.5) is 0 Å². The smallest absolute Gasteiger partial charge is 0.323 e. The normalized spacial score (nSPS) is 32.8. The summed E-state index contributed by atoms with van der Waals surface area (Å²) >= 11 is 0. The first-order valence-electron chi connectivity index (χ1n) is 6.18. The fourth-order valence-electron chi connectivity index (χ4n) is 2.76. The molecule has 1 aromatic rings. The maximum absolute atomic E-state index is 11.5. The number of nitrogens with one attached hydrogen (secondary N) is 1.